The van der Waals surface area contributed by atoms with E-state index in [0.29, 0.717) is 13.2 Å². The van der Waals surface area contributed by atoms with Crippen LogP contribution in [0.2, 0.25) is 0 Å². The minimum atomic E-state index is 0.0337. The second-order valence-corrected chi connectivity index (χ2v) is 8.26. The standard InChI is InChI=1S/C24H32N4O2/c1-20-17-27(15-16-30-20)19-24(29)25-22-7-9-23(10-8-22)28-13-11-26(12-14-28)18-21-5-3-2-4-6-21/h2-10,20H,11-19H2,1H3,(H,25,29)/t20-/m1/s1. The molecule has 1 N–H and O–H groups in total. The average molecular weight is 409 g/mol. The molecule has 0 radical (unpaired) electrons. The molecule has 0 spiro atoms. The van der Waals surface area contributed by atoms with Gasteiger partial charge < -0.3 is 15.0 Å². The van der Waals surface area contributed by atoms with Crippen LogP contribution in [0.25, 0.3) is 0 Å². The zero-order chi connectivity index (χ0) is 20.8. The Morgan fingerprint density at radius 3 is 2.40 bits per heavy atom. The number of hydrogen-bond donors (Lipinski definition) is 1. The quantitative estimate of drug-likeness (QED) is 0.796. The van der Waals surface area contributed by atoms with Gasteiger partial charge in [-0.15, -0.1) is 0 Å². The highest BCUT2D eigenvalue weighted by molar-refractivity contribution is 5.92. The van der Waals surface area contributed by atoms with E-state index in [9.17, 15) is 4.79 Å². The highest BCUT2D eigenvalue weighted by Crippen LogP contribution is 2.20. The Labute approximate surface area is 179 Å². The lowest BCUT2D eigenvalue weighted by atomic mass is 10.2. The Balaban J connectivity index is 1.23. The number of ether oxygens (including phenoxy) is 1. The number of rotatable bonds is 6. The fourth-order valence-corrected chi connectivity index (χ4v) is 4.20. The van der Waals surface area contributed by atoms with Crippen molar-refractivity contribution in [2.45, 2.75) is 19.6 Å². The van der Waals surface area contributed by atoms with Crippen molar-refractivity contribution < 1.29 is 9.53 Å². The number of nitrogens with one attached hydrogen (secondary N) is 1. The van der Waals surface area contributed by atoms with Crippen LogP contribution in [0.15, 0.2) is 54.6 Å². The lowest BCUT2D eigenvalue weighted by Gasteiger charge is -2.36. The number of hydrogen-bond acceptors (Lipinski definition) is 5. The molecule has 2 aliphatic rings. The van der Waals surface area contributed by atoms with Crippen LogP contribution < -0.4 is 10.2 Å². The van der Waals surface area contributed by atoms with Gasteiger partial charge >= 0.3 is 0 Å². The van der Waals surface area contributed by atoms with E-state index in [4.69, 9.17) is 4.74 Å². The van der Waals surface area contributed by atoms with Gasteiger partial charge in [0.25, 0.3) is 0 Å². The highest BCUT2D eigenvalue weighted by atomic mass is 16.5. The first-order chi connectivity index (χ1) is 14.7. The summed E-state index contributed by atoms with van der Waals surface area (Å²) in [5, 5.41) is 3.02. The molecule has 2 aliphatic heterocycles. The van der Waals surface area contributed by atoms with Crippen LogP contribution in [-0.4, -0.2) is 74.2 Å². The van der Waals surface area contributed by atoms with E-state index in [1.54, 1.807) is 0 Å². The van der Waals surface area contributed by atoms with E-state index in [2.05, 4.69) is 62.5 Å². The van der Waals surface area contributed by atoms with Gasteiger partial charge in [-0.25, -0.2) is 0 Å². The number of benzene rings is 2. The zero-order valence-corrected chi connectivity index (χ0v) is 17.8. The second-order valence-electron chi connectivity index (χ2n) is 8.26. The third kappa shape index (κ3) is 5.81. The van der Waals surface area contributed by atoms with Gasteiger partial charge in [-0.05, 0) is 36.8 Å². The van der Waals surface area contributed by atoms with Gasteiger partial charge in [-0.3, -0.25) is 14.6 Å². The van der Waals surface area contributed by atoms with Crippen LogP contribution in [-0.2, 0) is 16.1 Å². The summed E-state index contributed by atoms with van der Waals surface area (Å²) >= 11 is 0. The molecular weight excluding hydrogens is 376 g/mol. The van der Waals surface area contributed by atoms with E-state index < -0.39 is 0 Å². The topological polar surface area (TPSA) is 48.1 Å². The number of carbonyl (C=O) groups is 1. The third-order valence-electron chi connectivity index (χ3n) is 5.83. The Morgan fingerprint density at radius 2 is 1.70 bits per heavy atom. The SMILES string of the molecule is C[C@@H]1CN(CC(=O)Nc2ccc(N3CCN(Cc4ccccc4)CC3)cc2)CCO1. The summed E-state index contributed by atoms with van der Waals surface area (Å²) in [6, 6.07) is 18.9. The Kier molecular flexibility index (Phi) is 7.00. The van der Waals surface area contributed by atoms with Crippen LogP contribution in [0.4, 0.5) is 11.4 Å². The number of morpholine rings is 1. The van der Waals surface area contributed by atoms with Crippen LogP contribution in [0, 0.1) is 0 Å². The fourth-order valence-electron chi connectivity index (χ4n) is 4.20. The zero-order valence-electron chi connectivity index (χ0n) is 17.8. The molecule has 0 unspecified atom stereocenters. The molecule has 2 aromatic carbocycles. The predicted octanol–water partition coefficient (Wildman–Crippen LogP) is 2.67. The Hall–Kier alpha value is -2.41. The van der Waals surface area contributed by atoms with Crippen molar-refractivity contribution in [1.82, 2.24) is 9.80 Å². The summed E-state index contributed by atoms with van der Waals surface area (Å²) in [5.74, 6) is 0.0337. The number of nitrogens with zero attached hydrogens (tertiary/aromatic N) is 3. The number of piperazine rings is 1. The van der Waals surface area contributed by atoms with Crippen LogP contribution >= 0.6 is 0 Å². The highest BCUT2D eigenvalue weighted by Gasteiger charge is 2.20. The van der Waals surface area contributed by atoms with Gasteiger partial charge in [0, 0.05) is 57.2 Å². The maximum absolute atomic E-state index is 12.4. The van der Waals surface area contributed by atoms with Crippen LogP contribution in [0.5, 0.6) is 0 Å². The molecule has 0 aromatic heterocycles. The van der Waals surface area contributed by atoms with Crippen molar-refractivity contribution in [2.24, 2.45) is 0 Å². The molecule has 0 aliphatic carbocycles. The molecule has 0 saturated carbocycles. The number of anilines is 2. The molecule has 2 aromatic rings. The van der Waals surface area contributed by atoms with Crippen molar-refractivity contribution in [2.75, 3.05) is 62.6 Å². The summed E-state index contributed by atoms with van der Waals surface area (Å²) in [6.07, 6.45) is 0.194. The first-order valence-electron chi connectivity index (χ1n) is 10.9. The average Bonchev–Trinajstić information content (AvgIpc) is 2.76. The first-order valence-corrected chi connectivity index (χ1v) is 10.9. The molecule has 1 amide bonds. The first kappa shape index (κ1) is 20.8. The summed E-state index contributed by atoms with van der Waals surface area (Å²) in [4.78, 5) is 19.4. The lowest BCUT2D eigenvalue weighted by molar-refractivity contribution is -0.119. The molecule has 0 bridgehead atoms. The smallest absolute Gasteiger partial charge is 0.238 e. The van der Waals surface area contributed by atoms with Gasteiger partial charge in [0.05, 0.1) is 19.3 Å². The molecule has 6 nitrogen and oxygen atoms in total. The van der Waals surface area contributed by atoms with Crippen molar-refractivity contribution in [1.29, 1.82) is 0 Å². The number of carbonyl (C=O) groups excluding carboxylic acids is 1. The number of amides is 1. The fraction of sp³-hybridized carbons (Fsp3) is 0.458. The summed E-state index contributed by atoms with van der Waals surface area (Å²) < 4.78 is 5.53. The minimum Gasteiger partial charge on any atom is -0.376 e. The van der Waals surface area contributed by atoms with Gasteiger partial charge in [-0.2, -0.15) is 0 Å². The predicted molar refractivity (Wildman–Crippen MR) is 121 cm³/mol. The molecule has 1 atom stereocenters. The Bertz CT molecular complexity index is 804. The van der Waals surface area contributed by atoms with E-state index >= 15 is 0 Å². The summed E-state index contributed by atoms with van der Waals surface area (Å²) in [7, 11) is 0. The normalized spacial score (nSPS) is 20.8. The van der Waals surface area contributed by atoms with Crippen molar-refractivity contribution in [3.05, 3.63) is 60.2 Å². The molecule has 4 rings (SSSR count). The molecular formula is C24H32N4O2. The van der Waals surface area contributed by atoms with Gasteiger partial charge in [-0.1, -0.05) is 30.3 Å². The maximum Gasteiger partial charge on any atom is 0.238 e. The Morgan fingerprint density at radius 1 is 0.967 bits per heavy atom. The van der Waals surface area contributed by atoms with Crippen molar-refractivity contribution in [3.63, 3.8) is 0 Å². The molecule has 2 heterocycles. The molecule has 160 valence electrons. The maximum atomic E-state index is 12.4. The van der Waals surface area contributed by atoms with Crippen molar-refractivity contribution >= 4 is 17.3 Å². The van der Waals surface area contributed by atoms with E-state index in [1.807, 2.05) is 19.1 Å². The molecule has 2 fully saturated rings. The van der Waals surface area contributed by atoms with E-state index in [-0.39, 0.29) is 12.0 Å². The van der Waals surface area contributed by atoms with Crippen LogP contribution in [0.1, 0.15) is 12.5 Å². The van der Waals surface area contributed by atoms with Gasteiger partial charge in [0.15, 0.2) is 0 Å². The lowest BCUT2D eigenvalue weighted by Crippen LogP contribution is -2.46. The summed E-state index contributed by atoms with van der Waals surface area (Å²) in [6.45, 7) is 9.96. The van der Waals surface area contributed by atoms with Gasteiger partial charge in [0.1, 0.15) is 0 Å². The monoisotopic (exact) mass is 408 g/mol. The molecule has 2 saturated heterocycles. The van der Waals surface area contributed by atoms with Crippen molar-refractivity contribution in [3.8, 4) is 0 Å². The minimum absolute atomic E-state index is 0.0337. The van der Waals surface area contributed by atoms with E-state index in [0.717, 1.165) is 51.5 Å². The third-order valence-corrected chi connectivity index (χ3v) is 5.83. The second kappa shape index (κ2) is 10.1. The molecule has 30 heavy (non-hydrogen) atoms. The van der Waals surface area contributed by atoms with Crippen LogP contribution in [0.3, 0.4) is 0 Å². The summed E-state index contributed by atoms with van der Waals surface area (Å²) in [5.41, 5.74) is 3.44. The largest absolute Gasteiger partial charge is 0.376 e. The van der Waals surface area contributed by atoms with E-state index in [1.165, 1.54) is 11.3 Å². The molecule has 6 heteroatoms. The van der Waals surface area contributed by atoms with Gasteiger partial charge in [0.2, 0.25) is 5.91 Å².